The predicted molar refractivity (Wildman–Crippen MR) is 106 cm³/mol. The lowest BCUT2D eigenvalue weighted by Crippen LogP contribution is -2.40. The summed E-state index contributed by atoms with van der Waals surface area (Å²) >= 11 is 0. The Morgan fingerprint density at radius 3 is 1.92 bits per heavy atom. The Bertz CT molecular complexity index is 514. The van der Waals surface area contributed by atoms with Crippen LogP contribution in [0, 0.1) is 0 Å². The van der Waals surface area contributed by atoms with Crippen molar-refractivity contribution in [3.8, 4) is 0 Å². The number of carbonyl (C=O) groups excluding carboxylic acids is 1. The summed E-state index contributed by atoms with van der Waals surface area (Å²) in [6.45, 7) is 17.2. The molecule has 0 spiro atoms. The van der Waals surface area contributed by atoms with Crippen molar-refractivity contribution < 1.29 is 14.6 Å². The molecule has 2 N–H and O–H groups in total. The van der Waals surface area contributed by atoms with Crippen LogP contribution in [0.4, 0.5) is 4.79 Å². The molecule has 0 aromatic heterocycles. The third-order valence-corrected chi connectivity index (χ3v) is 4.22. The molecule has 0 saturated heterocycles. The summed E-state index contributed by atoms with van der Waals surface area (Å²) in [6.07, 6.45) is 6.55. The molecule has 1 unspecified atom stereocenters. The zero-order valence-electron chi connectivity index (χ0n) is 17.5. The molecule has 1 atom stereocenters. The largest absolute Gasteiger partial charge is 0.444 e. The van der Waals surface area contributed by atoms with Crippen molar-refractivity contribution in [1.82, 2.24) is 5.32 Å². The number of amides is 1. The average molecular weight is 352 g/mol. The van der Waals surface area contributed by atoms with E-state index in [2.05, 4.69) is 5.32 Å². The van der Waals surface area contributed by atoms with E-state index in [4.69, 9.17) is 4.74 Å². The minimum atomic E-state index is -0.993. The second-order valence-corrected chi connectivity index (χ2v) is 7.84. The van der Waals surface area contributed by atoms with Crippen molar-refractivity contribution in [3.05, 3.63) is 34.9 Å². The Hall–Kier alpha value is -1.55. The smallest absolute Gasteiger partial charge is 0.408 e. The number of nitrogens with one attached hydrogen (secondary N) is 1. The van der Waals surface area contributed by atoms with Crippen LogP contribution in [0.25, 0.3) is 0 Å². The van der Waals surface area contributed by atoms with Gasteiger partial charge in [-0.3, -0.25) is 0 Å². The highest BCUT2D eigenvalue weighted by atomic mass is 16.6. The molecule has 0 bridgehead atoms. The van der Waals surface area contributed by atoms with Gasteiger partial charge in [0.2, 0.25) is 0 Å². The maximum absolute atomic E-state index is 12.1. The van der Waals surface area contributed by atoms with Crippen LogP contribution in [0.5, 0.6) is 0 Å². The van der Waals surface area contributed by atoms with Crippen molar-refractivity contribution in [2.45, 2.75) is 92.4 Å². The number of hydrogen-bond acceptors (Lipinski definition) is 3. The van der Waals surface area contributed by atoms with E-state index >= 15 is 0 Å². The molecule has 0 fully saturated rings. The lowest BCUT2D eigenvalue weighted by molar-refractivity contribution is 0.0500. The molecule has 0 saturated carbocycles. The summed E-state index contributed by atoms with van der Waals surface area (Å²) < 4.78 is 5.35. The molecule has 144 valence electrons. The van der Waals surface area contributed by atoms with Gasteiger partial charge in [-0.15, -0.1) is 0 Å². The minimum Gasteiger partial charge on any atom is -0.444 e. The van der Waals surface area contributed by atoms with Crippen LogP contribution in [-0.2, 0) is 4.74 Å². The first-order valence-electron chi connectivity index (χ1n) is 8.99. The molecule has 1 amide bonds. The van der Waals surface area contributed by atoms with Crippen molar-refractivity contribution in [2.24, 2.45) is 0 Å². The number of aliphatic hydroxyl groups is 1. The second-order valence-electron chi connectivity index (χ2n) is 7.84. The molecule has 0 aromatic carbocycles. The molecule has 0 aliphatic rings. The summed E-state index contributed by atoms with van der Waals surface area (Å²) in [5, 5.41) is 14.1. The molecule has 4 nitrogen and oxygen atoms in total. The minimum absolute atomic E-state index is 0.194. The second kappa shape index (κ2) is 9.81. The zero-order valence-corrected chi connectivity index (χ0v) is 17.5. The van der Waals surface area contributed by atoms with Crippen LogP contribution in [0.3, 0.4) is 0 Å². The van der Waals surface area contributed by atoms with Gasteiger partial charge in [0.25, 0.3) is 0 Å². The molecule has 25 heavy (non-hydrogen) atoms. The Kier molecular flexibility index (Phi) is 9.20. The first kappa shape index (κ1) is 23.4. The van der Waals surface area contributed by atoms with Gasteiger partial charge < -0.3 is 15.2 Å². The highest BCUT2D eigenvalue weighted by Crippen LogP contribution is 2.31. The summed E-state index contributed by atoms with van der Waals surface area (Å²) in [7, 11) is 0. The van der Waals surface area contributed by atoms with Crippen LogP contribution in [0.2, 0.25) is 0 Å². The molecule has 4 heteroatoms. The lowest BCUT2D eigenvalue weighted by atomic mass is 9.82. The summed E-state index contributed by atoms with van der Waals surface area (Å²) in [4.78, 5) is 12.1. The van der Waals surface area contributed by atoms with E-state index in [9.17, 15) is 9.90 Å². The van der Waals surface area contributed by atoms with E-state index < -0.39 is 17.3 Å². The van der Waals surface area contributed by atoms with Crippen LogP contribution in [0.1, 0.15) is 75.2 Å². The van der Waals surface area contributed by atoms with Crippen LogP contribution in [0.15, 0.2) is 34.9 Å². The molecular weight excluding hydrogens is 314 g/mol. The number of rotatable bonds is 7. The van der Waals surface area contributed by atoms with Gasteiger partial charge >= 0.3 is 6.09 Å². The highest BCUT2D eigenvalue weighted by molar-refractivity contribution is 5.68. The Morgan fingerprint density at radius 1 is 1.08 bits per heavy atom. The fraction of sp³-hybridized carbons (Fsp3) is 0.667. The van der Waals surface area contributed by atoms with Crippen molar-refractivity contribution >= 4 is 6.09 Å². The van der Waals surface area contributed by atoms with E-state index in [1.807, 2.05) is 80.5 Å². The van der Waals surface area contributed by atoms with E-state index in [-0.39, 0.29) is 6.04 Å². The predicted octanol–water partition coefficient (Wildman–Crippen LogP) is 5.29. The van der Waals surface area contributed by atoms with Crippen LogP contribution >= 0.6 is 0 Å². The molecule has 0 heterocycles. The molecule has 0 aromatic rings. The van der Waals surface area contributed by atoms with Gasteiger partial charge in [0.15, 0.2) is 0 Å². The van der Waals surface area contributed by atoms with E-state index in [1.54, 1.807) is 0 Å². The van der Waals surface area contributed by atoms with Crippen LogP contribution in [-0.4, -0.2) is 28.4 Å². The maximum atomic E-state index is 12.1. The Labute approximate surface area is 154 Å². The molecule has 0 aliphatic carbocycles. The fourth-order valence-electron chi connectivity index (χ4n) is 2.61. The van der Waals surface area contributed by atoms with Crippen molar-refractivity contribution in [3.63, 3.8) is 0 Å². The molecule has 0 rings (SSSR count). The maximum Gasteiger partial charge on any atom is 0.408 e. The summed E-state index contributed by atoms with van der Waals surface area (Å²) in [6, 6.07) is -0.194. The highest BCUT2D eigenvalue weighted by Gasteiger charge is 2.31. The summed E-state index contributed by atoms with van der Waals surface area (Å²) in [5.41, 5.74) is 1.40. The van der Waals surface area contributed by atoms with Gasteiger partial charge in [0, 0.05) is 0 Å². The van der Waals surface area contributed by atoms with Gasteiger partial charge in [-0.25, -0.2) is 4.79 Å². The SMILES string of the molecule is C/C=C(\C)C(O)(CCC(C=C(C)C)NC(=O)OC(C)(C)C)/C(C)=C/C. The lowest BCUT2D eigenvalue weighted by Gasteiger charge is -2.32. The third kappa shape index (κ3) is 8.39. The van der Waals surface area contributed by atoms with Crippen LogP contribution < -0.4 is 5.32 Å². The number of hydrogen-bond donors (Lipinski definition) is 2. The van der Waals surface area contributed by atoms with Crippen molar-refractivity contribution in [1.29, 1.82) is 0 Å². The Balaban J connectivity index is 5.27. The van der Waals surface area contributed by atoms with Gasteiger partial charge in [0.05, 0.1) is 6.04 Å². The standard InChI is InChI=1S/C21H37NO3/c1-10-16(5)21(24,17(6)11-2)13-12-18(14-15(3)4)22-19(23)25-20(7,8)9/h10-11,14,18,24H,12-13H2,1-9H3,(H,22,23)/b16-10+,17-11+. The van der Waals surface area contributed by atoms with Crippen molar-refractivity contribution in [2.75, 3.05) is 0 Å². The Morgan fingerprint density at radius 2 is 1.56 bits per heavy atom. The monoisotopic (exact) mass is 351 g/mol. The quantitative estimate of drug-likeness (QED) is 0.613. The number of ether oxygens (including phenoxy) is 1. The fourth-order valence-corrected chi connectivity index (χ4v) is 2.61. The van der Waals surface area contributed by atoms with E-state index in [0.717, 1.165) is 16.7 Å². The topological polar surface area (TPSA) is 58.6 Å². The van der Waals surface area contributed by atoms with Gasteiger partial charge in [-0.05, 0) is 86.3 Å². The van der Waals surface area contributed by atoms with E-state index in [0.29, 0.717) is 12.8 Å². The molecule has 0 aliphatic heterocycles. The van der Waals surface area contributed by atoms with Gasteiger partial charge in [-0.1, -0.05) is 23.8 Å². The van der Waals surface area contributed by atoms with Gasteiger partial charge in [-0.2, -0.15) is 0 Å². The summed E-state index contributed by atoms with van der Waals surface area (Å²) in [5.74, 6) is 0. The first-order valence-corrected chi connectivity index (χ1v) is 8.99. The number of allylic oxidation sites excluding steroid dienone is 3. The first-order chi connectivity index (χ1) is 11.4. The molecular formula is C21H37NO3. The third-order valence-electron chi connectivity index (χ3n) is 4.22. The molecule has 0 radical (unpaired) electrons. The average Bonchev–Trinajstić information content (AvgIpc) is 2.47. The van der Waals surface area contributed by atoms with Gasteiger partial charge in [0.1, 0.15) is 11.2 Å². The zero-order chi connectivity index (χ0) is 19.8. The number of alkyl carbamates (subject to hydrolysis) is 1. The normalized spacial score (nSPS) is 16.7. The number of carbonyl (C=O) groups is 1. The van der Waals surface area contributed by atoms with E-state index in [1.165, 1.54) is 0 Å².